The third kappa shape index (κ3) is 4.50. The Bertz CT molecular complexity index is 727. The third-order valence-electron chi connectivity index (χ3n) is 4.60. The highest BCUT2D eigenvalue weighted by atomic mass is 19.1. The first-order valence-electron chi connectivity index (χ1n) is 9.17. The molecule has 2 N–H and O–H groups in total. The minimum absolute atomic E-state index is 0.0845. The van der Waals surface area contributed by atoms with E-state index in [0.29, 0.717) is 17.8 Å². The number of aromatic nitrogens is 1. The van der Waals surface area contributed by atoms with Crippen LogP contribution in [0.1, 0.15) is 36.5 Å². The number of nitrogens with one attached hydrogen (secondary N) is 2. The molecule has 0 spiro atoms. The second kappa shape index (κ2) is 8.65. The van der Waals surface area contributed by atoms with E-state index in [4.69, 9.17) is 0 Å². The molecule has 0 aliphatic carbocycles. The smallest absolute Gasteiger partial charge is 0.252 e. The van der Waals surface area contributed by atoms with Crippen molar-refractivity contribution >= 4 is 17.4 Å². The number of hydrogen-bond donors (Lipinski definition) is 2. The number of carbonyl (C=O) groups excluding carboxylic acids is 1. The lowest BCUT2D eigenvalue weighted by Crippen LogP contribution is -2.39. The molecule has 1 aromatic carbocycles. The highest BCUT2D eigenvalue weighted by Gasteiger charge is 2.21. The van der Waals surface area contributed by atoms with Crippen molar-refractivity contribution < 1.29 is 9.18 Å². The Morgan fingerprint density at radius 2 is 2.00 bits per heavy atom. The summed E-state index contributed by atoms with van der Waals surface area (Å²) in [4.78, 5) is 18.6. The van der Waals surface area contributed by atoms with E-state index in [1.807, 2.05) is 25.1 Å². The van der Waals surface area contributed by atoms with Crippen molar-refractivity contribution in [3.05, 3.63) is 54.0 Å². The number of para-hydroxylation sites is 1. The molecule has 0 atom stereocenters. The maximum absolute atomic E-state index is 13.8. The van der Waals surface area contributed by atoms with Gasteiger partial charge in [-0.3, -0.25) is 4.79 Å². The van der Waals surface area contributed by atoms with Crippen LogP contribution in [-0.2, 0) is 0 Å². The van der Waals surface area contributed by atoms with Crippen LogP contribution in [0.5, 0.6) is 0 Å². The summed E-state index contributed by atoms with van der Waals surface area (Å²) < 4.78 is 13.8. The van der Waals surface area contributed by atoms with Gasteiger partial charge in [0.15, 0.2) is 0 Å². The fourth-order valence-corrected chi connectivity index (χ4v) is 3.10. The SMILES string of the molecule is CCCNC(=O)c1ccc(N2CCC(Nc3ccccc3F)CC2)nc1. The number of hydrogen-bond acceptors (Lipinski definition) is 4. The highest BCUT2D eigenvalue weighted by molar-refractivity contribution is 5.94. The van der Waals surface area contributed by atoms with Crippen LogP contribution in [0.4, 0.5) is 15.9 Å². The van der Waals surface area contributed by atoms with Crippen molar-refractivity contribution in [1.82, 2.24) is 10.3 Å². The maximum Gasteiger partial charge on any atom is 0.252 e. The van der Waals surface area contributed by atoms with E-state index in [-0.39, 0.29) is 17.8 Å². The first-order valence-corrected chi connectivity index (χ1v) is 9.17. The maximum atomic E-state index is 13.8. The van der Waals surface area contributed by atoms with Crippen LogP contribution in [-0.4, -0.2) is 36.6 Å². The van der Waals surface area contributed by atoms with Crippen molar-refractivity contribution in [2.24, 2.45) is 0 Å². The Kier molecular flexibility index (Phi) is 6.04. The van der Waals surface area contributed by atoms with Crippen LogP contribution in [0.3, 0.4) is 0 Å². The Hall–Kier alpha value is -2.63. The summed E-state index contributed by atoms with van der Waals surface area (Å²) in [5.41, 5.74) is 1.14. The molecule has 1 saturated heterocycles. The number of carbonyl (C=O) groups is 1. The van der Waals surface area contributed by atoms with Gasteiger partial charge in [-0.2, -0.15) is 0 Å². The highest BCUT2D eigenvalue weighted by Crippen LogP contribution is 2.22. The van der Waals surface area contributed by atoms with E-state index in [2.05, 4.69) is 20.5 Å². The molecular weight excluding hydrogens is 331 g/mol. The Labute approximate surface area is 153 Å². The monoisotopic (exact) mass is 356 g/mol. The van der Waals surface area contributed by atoms with Gasteiger partial charge in [0.25, 0.3) is 5.91 Å². The summed E-state index contributed by atoms with van der Waals surface area (Å²) in [6.45, 7) is 4.39. The van der Waals surface area contributed by atoms with Gasteiger partial charge in [-0.1, -0.05) is 19.1 Å². The minimum atomic E-state index is -0.214. The first kappa shape index (κ1) is 18.2. The fourth-order valence-electron chi connectivity index (χ4n) is 3.10. The van der Waals surface area contributed by atoms with Gasteiger partial charge < -0.3 is 15.5 Å². The van der Waals surface area contributed by atoms with Crippen LogP contribution in [0.2, 0.25) is 0 Å². The van der Waals surface area contributed by atoms with Gasteiger partial charge in [-0.25, -0.2) is 9.37 Å². The average molecular weight is 356 g/mol. The predicted molar refractivity (Wildman–Crippen MR) is 102 cm³/mol. The van der Waals surface area contributed by atoms with Gasteiger partial charge >= 0.3 is 0 Å². The predicted octanol–water partition coefficient (Wildman–Crippen LogP) is 3.44. The van der Waals surface area contributed by atoms with E-state index in [1.54, 1.807) is 18.3 Å². The molecule has 5 nitrogen and oxygen atoms in total. The zero-order valence-electron chi connectivity index (χ0n) is 15.0. The quantitative estimate of drug-likeness (QED) is 0.832. The average Bonchev–Trinajstić information content (AvgIpc) is 2.68. The molecule has 0 saturated carbocycles. The van der Waals surface area contributed by atoms with Gasteiger partial charge in [0.2, 0.25) is 0 Å². The lowest BCUT2D eigenvalue weighted by Gasteiger charge is -2.33. The molecule has 0 unspecified atom stereocenters. The van der Waals surface area contributed by atoms with Crippen molar-refractivity contribution in [2.75, 3.05) is 29.9 Å². The third-order valence-corrected chi connectivity index (χ3v) is 4.60. The van der Waals surface area contributed by atoms with Crippen LogP contribution < -0.4 is 15.5 Å². The van der Waals surface area contributed by atoms with E-state index in [9.17, 15) is 9.18 Å². The van der Waals surface area contributed by atoms with Crippen molar-refractivity contribution in [1.29, 1.82) is 0 Å². The van der Waals surface area contributed by atoms with Crippen molar-refractivity contribution in [2.45, 2.75) is 32.2 Å². The van der Waals surface area contributed by atoms with Crippen molar-refractivity contribution in [3.63, 3.8) is 0 Å². The minimum Gasteiger partial charge on any atom is -0.380 e. The van der Waals surface area contributed by atoms with Crippen LogP contribution in [0.15, 0.2) is 42.6 Å². The Morgan fingerprint density at radius 3 is 2.65 bits per heavy atom. The zero-order chi connectivity index (χ0) is 18.4. The normalized spacial score (nSPS) is 14.9. The second-order valence-corrected chi connectivity index (χ2v) is 6.55. The number of anilines is 2. The standard InChI is InChI=1S/C20H25FN4O/c1-2-11-22-20(26)15-7-8-19(23-14-15)25-12-9-16(10-13-25)24-18-6-4-3-5-17(18)21/h3-8,14,16,24H,2,9-13H2,1H3,(H,22,26). The van der Waals surface area contributed by atoms with E-state index < -0.39 is 0 Å². The lowest BCUT2D eigenvalue weighted by molar-refractivity contribution is 0.0953. The van der Waals surface area contributed by atoms with Gasteiger partial charge in [-0.05, 0) is 43.5 Å². The molecule has 138 valence electrons. The molecule has 6 heteroatoms. The second-order valence-electron chi connectivity index (χ2n) is 6.55. The van der Waals surface area contributed by atoms with Gasteiger partial charge in [0.05, 0.1) is 11.3 Å². The molecular formula is C20H25FN4O. The molecule has 1 amide bonds. The van der Waals surface area contributed by atoms with Gasteiger partial charge in [0, 0.05) is 31.9 Å². The summed E-state index contributed by atoms with van der Waals surface area (Å²) in [6, 6.07) is 10.7. The summed E-state index contributed by atoms with van der Waals surface area (Å²) in [5.74, 6) is 0.577. The molecule has 2 aromatic rings. The molecule has 0 bridgehead atoms. The Balaban J connectivity index is 1.53. The first-order chi connectivity index (χ1) is 12.7. The van der Waals surface area contributed by atoms with Gasteiger partial charge in [0.1, 0.15) is 11.6 Å². The van der Waals surface area contributed by atoms with E-state index in [0.717, 1.165) is 38.2 Å². The summed E-state index contributed by atoms with van der Waals surface area (Å²) in [7, 11) is 0. The molecule has 0 radical (unpaired) electrons. The largest absolute Gasteiger partial charge is 0.380 e. The van der Waals surface area contributed by atoms with Crippen molar-refractivity contribution in [3.8, 4) is 0 Å². The molecule has 3 rings (SSSR count). The number of pyridine rings is 1. The molecule has 1 fully saturated rings. The Morgan fingerprint density at radius 1 is 1.23 bits per heavy atom. The topological polar surface area (TPSA) is 57.3 Å². The summed E-state index contributed by atoms with van der Waals surface area (Å²) in [6.07, 6.45) is 4.36. The fraction of sp³-hybridized carbons (Fsp3) is 0.400. The van der Waals surface area contributed by atoms with Crippen LogP contribution in [0.25, 0.3) is 0 Å². The number of benzene rings is 1. The number of amides is 1. The number of nitrogens with zero attached hydrogens (tertiary/aromatic N) is 2. The molecule has 1 aliphatic heterocycles. The summed E-state index contributed by atoms with van der Waals surface area (Å²) in [5, 5.41) is 6.14. The summed E-state index contributed by atoms with van der Waals surface area (Å²) >= 11 is 0. The molecule has 26 heavy (non-hydrogen) atoms. The molecule has 1 aliphatic rings. The number of rotatable bonds is 6. The number of piperidine rings is 1. The van der Waals surface area contributed by atoms with E-state index >= 15 is 0 Å². The zero-order valence-corrected chi connectivity index (χ0v) is 15.0. The molecule has 1 aromatic heterocycles. The number of halogens is 1. The molecule has 2 heterocycles. The van der Waals surface area contributed by atoms with Gasteiger partial charge in [-0.15, -0.1) is 0 Å². The van der Waals surface area contributed by atoms with Crippen LogP contribution >= 0.6 is 0 Å². The van der Waals surface area contributed by atoms with Crippen LogP contribution in [0, 0.1) is 5.82 Å². The van der Waals surface area contributed by atoms with E-state index in [1.165, 1.54) is 6.07 Å². The lowest BCUT2D eigenvalue weighted by atomic mass is 10.0.